The van der Waals surface area contributed by atoms with E-state index in [1.54, 1.807) is 0 Å². The van der Waals surface area contributed by atoms with Crippen molar-refractivity contribution in [3.05, 3.63) is 42.0 Å². The molecule has 1 atom stereocenters. The first-order chi connectivity index (χ1) is 9.08. The van der Waals surface area contributed by atoms with Crippen LogP contribution in [0.3, 0.4) is 0 Å². The van der Waals surface area contributed by atoms with Crippen molar-refractivity contribution in [1.29, 1.82) is 0 Å². The molecule has 0 aromatic heterocycles. The maximum Gasteiger partial charge on any atom is 0.120 e. The van der Waals surface area contributed by atoms with Gasteiger partial charge in [-0.1, -0.05) is 48.5 Å². The van der Waals surface area contributed by atoms with E-state index in [9.17, 15) is 0 Å². The third kappa shape index (κ3) is 7.42. The van der Waals surface area contributed by atoms with Gasteiger partial charge < -0.3 is 9.74 Å². The Hall–Kier alpha value is -1.61. The standard InChI is InChI=1S/C16H24N2O/c1-14(12-18(3)4)13-19-17-15(2)10-11-16-8-6-5-7-9-16/h5-11,14H,12-13H2,1-4H3/b11-10+,17-15+/t14-/m1/s1. The third-order valence-electron chi connectivity index (χ3n) is 2.56. The van der Waals surface area contributed by atoms with Crippen LogP contribution in [-0.4, -0.2) is 37.9 Å². The molecular weight excluding hydrogens is 236 g/mol. The zero-order chi connectivity index (χ0) is 14.1. The van der Waals surface area contributed by atoms with E-state index >= 15 is 0 Å². The van der Waals surface area contributed by atoms with Gasteiger partial charge in [0.05, 0.1) is 5.71 Å². The molecule has 0 heterocycles. The molecule has 1 aromatic rings. The molecule has 104 valence electrons. The lowest BCUT2D eigenvalue weighted by molar-refractivity contribution is 0.102. The monoisotopic (exact) mass is 260 g/mol. The van der Waals surface area contributed by atoms with E-state index in [-0.39, 0.29) is 0 Å². The zero-order valence-electron chi connectivity index (χ0n) is 12.3. The second-order valence-corrected chi connectivity index (χ2v) is 5.14. The van der Waals surface area contributed by atoms with Gasteiger partial charge in [0.15, 0.2) is 0 Å². The summed E-state index contributed by atoms with van der Waals surface area (Å²) in [7, 11) is 4.13. The smallest absolute Gasteiger partial charge is 0.120 e. The van der Waals surface area contributed by atoms with E-state index in [0.29, 0.717) is 12.5 Å². The molecule has 0 fully saturated rings. The van der Waals surface area contributed by atoms with Gasteiger partial charge in [0.2, 0.25) is 0 Å². The van der Waals surface area contributed by atoms with Crippen LogP contribution in [0.5, 0.6) is 0 Å². The topological polar surface area (TPSA) is 24.8 Å². The summed E-state index contributed by atoms with van der Waals surface area (Å²) in [6, 6.07) is 10.2. The van der Waals surface area contributed by atoms with Crippen LogP contribution >= 0.6 is 0 Å². The SMILES string of the molecule is CC(/C=C/c1ccccc1)=N\OC[C@H](C)CN(C)C. The molecule has 3 nitrogen and oxygen atoms in total. The highest BCUT2D eigenvalue weighted by Gasteiger charge is 2.03. The molecule has 0 bridgehead atoms. The molecule has 0 aliphatic carbocycles. The van der Waals surface area contributed by atoms with Gasteiger partial charge in [0, 0.05) is 12.5 Å². The van der Waals surface area contributed by atoms with Crippen LogP contribution in [-0.2, 0) is 4.84 Å². The lowest BCUT2D eigenvalue weighted by Gasteiger charge is -2.15. The fraction of sp³-hybridized carbons (Fsp3) is 0.438. The Labute approximate surface area is 116 Å². The van der Waals surface area contributed by atoms with Crippen LogP contribution in [0.4, 0.5) is 0 Å². The molecule has 0 N–H and O–H groups in total. The van der Waals surface area contributed by atoms with E-state index in [0.717, 1.165) is 17.8 Å². The van der Waals surface area contributed by atoms with Crippen LogP contribution in [0.1, 0.15) is 19.4 Å². The largest absolute Gasteiger partial charge is 0.395 e. The summed E-state index contributed by atoms with van der Waals surface area (Å²) in [5.74, 6) is 0.477. The van der Waals surface area contributed by atoms with Crippen LogP contribution in [0, 0.1) is 5.92 Å². The van der Waals surface area contributed by atoms with E-state index in [2.05, 4.69) is 43.2 Å². The van der Waals surface area contributed by atoms with Crippen molar-refractivity contribution < 1.29 is 4.84 Å². The molecule has 1 rings (SSSR count). The first-order valence-electron chi connectivity index (χ1n) is 6.62. The summed E-state index contributed by atoms with van der Waals surface area (Å²) in [6.07, 6.45) is 4.00. The summed E-state index contributed by atoms with van der Waals surface area (Å²) in [5, 5.41) is 4.10. The minimum absolute atomic E-state index is 0.477. The molecule has 19 heavy (non-hydrogen) atoms. The van der Waals surface area contributed by atoms with E-state index in [1.807, 2.05) is 37.3 Å². The summed E-state index contributed by atoms with van der Waals surface area (Å²) < 4.78 is 0. The maximum absolute atomic E-state index is 5.36. The molecule has 0 amide bonds. The lowest BCUT2D eigenvalue weighted by Crippen LogP contribution is -2.22. The lowest BCUT2D eigenvalue weighted by atomic mass is 10.2. The molecule has 0 radical (unpaired) electrons. The Morgan fingerprint density at radius 3 is 2.63 bits per heavy atom. The van der Waals surface area contributed by atoms with Gasteiger partial charge >= 0.3 is 0 Å². The second-order valence-electron chi connectivity index (χ2n) is 5.14. The molecule has 0 unspecified atom stereocenters. The Morgan fingerprint density at radius 1 is 1.32 bits per heavy atom. The number of benzene rings is 1. The van der Waals surface area contributed by atoms with Crippen LogP contribution in [0.15, 0.2) is 41.6 Å². The van der Waals surface area contributed by atoms with Crippen LogP contribution in [0.25, 0.3) is 6.08 Å². The van der Waals surface area contributed by atoms with Crippen molar-refractivity contribution in [2.24, 2.45) is 11.1 Å². The van der Waals surface area contributed by atoms with Gasteiger partial charge in [0.1, 0.15) is 6.61 Å². The van der Waals surface area contributed by atoms with Crippen molar-refractivity contribution >= 4 is 11.8 Å². The second kappa shape index (κ2) is 8.48. The average molecular weight is 260 g/mol. The summed E-state index contributed by atoms with van der Waals surface area (Å²) in [6.45, 7) is 5.75. The minimum Gasteiger partial charge on any atom is -0.395 e. The first-order valence-corrected chi connectivity index (χ1v) is 6.62. The van der Waals surface area contributed by atoms with Crippen molar-refractivity contribution in [2.45, 2.75) is 13.8 Å². The maximum atomic E-state index is 5.36. The molecule has 0 saturated carbocycles. The highest BCUT2D eigenvalue weighted by molar-refractivity contribution is 5.95. The molecule has 3 heteroatoms. The number of hydrogen-bond acceptors (Lipinski definition) is 3. The predicted molar refractivity (Wildman–Crippen MR) is 82.3 cm³/mol. The van der Waals surface area contributed by atoms with E-state index < -0.39 is 0 Å². The molecule has 1 aromatic carbocycles. The quantitative estimate of drug-likeness (QED) is 0.555. The first kappa shape index (κ1) is 15.4. The minimum atomic E-state index is 0.477. The molecule has 0 spiro atoms. The number of hydrogen-bond donors (Lipinski definition) is 0. The Bertz CT molecular complexity index is 410. The van der Waals surface area contributed by atoms with E-state index in [1.165, 1.54) is 0 Å². The molecular formula is C16H24N2O. The molecule has 0 aliphatic rings. The third-order valence-corrected chi connectivity index (χ3v) is 2.56. The van der Waals surface area contributed by atoms with Gasteiger partial charge in [-0.05, 0) is 32.7 Å². The van der Waals surface area contributed by atoms with E-state index in [4.69, 9.17) is 4.84 Å². The van der Waals surface area contributed by atoms with Crippen molar-refractivity contribution in [3.63, 3.8) is 0 Å². The highest BCUT2D eigenvalue weighted by atomic mass is 16.6. The van der Waals surface area contributed by atoms with Gasteiger partial charge in [-0.15, -0.1) is 0 Å². The van der Waals surface area contributed by atoms with Gasteiger partial charge in [-0.2, -0.15) is 0 Å². The van der Waals surface area contributed by atoms with Gasteiger partial charge in [-0.3, -0.25) is 0 Å². The van der Waals surface area contributed by atoms with Crippen molar-refractivity contribution in [2.75, 3.05) is 27.2 Å². The summed E-state index contributed by atoms with van der Waals surface area (Å²) in [4.78, 5) is 7.51. The molecule has 0 aliphatic heterocycles. The van der Waals surface area contributed by atoms with Crippen LogP contribution < -0.4 is 0 Å². The Morgan fingerprint density at radius 2 is 2.00 bits per heavy atom. The predicted octanol–water partition coefficient (Wildman–Crippen LogP) is 3.29. The van der Waals surface area contributed by atoms with Gasteiger partial charge in [0.25, 0.3) is 0 Å². The van der Waals surface area contributed by atoms with Gasteiger partial charge in [-0.25, -0.2) is 0 Å². The fourth-order valence-electron chi connectivity index (χ4n) is 1.75. The van der Waals surface area contributed by atoms with Crippen molar-refractivity contribution in [1.82, 2.24) is 4.90 Å². The highest BCUT2D eigenvalue weighted by Crippen LogP contribution is 2.02. The van der Waals surface area contributed by atoms with Crippen molar-refractivity contribution in [3.8, 4) is 0 Å². The number of rotatable bonds is 7. The Kier molecular flexibility index (Phi) is 6.90. The number of nitrogens with zero attached hydrogens (tertiary/aromatic N) is 2. The number of allylic oxidation sites excluding steroid dienone is 1. The Balaban J connectivity index is 2.35. The zero-order valence-corrected chi connectivity index (χ0v) is 12.3. The summed E-state index contributed by atoms with van der Waals surface area (Å²) in [5.41, 5.74) is 2.04. The number of oxime groups is 1. The molecule has 0 saturated heterocycles. The normalized spacial score (nSPS) is 14.1. The fourth-order valence-corrected chi connectivity index (χ4v) is 1.75. The van der Waals surface area contributed by atoms with Crippen LogP contribution in [0.2, 0.25) is 0 Å². The summed E-state index contributed by atoms with van der Waals surface area (Å²) >= 11 is 0. The average Bonchev–Trinajstić information content (AvgIpc) is 2.36.